The smallest absolute Gasteiger partial charge is 0.387 e. The molecule has 190 valence electrons. The Balaban J connectivity index is 2.35. The van der Waals surface area contributed by atoms with Crippen LogP contribution in [0.3, 0.4) is 0 Å². The van der Waals surface area contributed by atoms with Gasteiger partial charge < -0.3 is 29.4 Å². The molecule has 0 radical (unpaired) electrons. The van der Waals surface area contributed by atoms with E-state index in [0.29, 0.717) is 6.20 Å². The summed E-state index contributed by atoms with van der Waals surface area (Å²) in [7, 11) is -13.8. The number of aromatic amines is 1. The molecule has 0 bridgehead atoms. The SMILES string of the molecule is CC(C)(OP(=O)(O)OP(=O)(O)OP(O)(O)=P)[C@H]1O[C@@H](n2ncc(=O)[nH]c2=O)C(F)(CF)[C@H]1O. The highest BCUT2D eigenvalue weighted by Gasteiger charge is 2.64. The van der Waals surface area contributed by atoms with Gasteiger partial charge in [0.1, 0.15) is 30.7 Å². The molecule has 2 heterocycles. The van der Waals surface area contributed by atoms with Gasteiger partial charge in [-0.2, -0.15) is 14.1 Å². The van der Waals surface area contributed by atoms with Crippen LogP contribution in [0.4, 0.5) is 8.78 Å². The van der Waals surface area contributed by atoms with Crippen LogP contribution < -0.4 is 11.2 Å². The summed E-state index contributed by atoms with van der Waals surface area (Å²) in [5, 5.41) is 13.7. The van der Waals surface area contributed by atoms with Gasteiger partial charge in [0, 0.05) is 0 Å². The van der Waals surface area contributed by atoms with E-state index in [0.717, 1.165) is 13.8 Å². The zero-order chi connectivity index (χ0) is 25.6. The van der Waals surface area contributed by atoms with E-state index in [1.165, 1.54) is 0 Å². The second-order valence-corrected chi connectivity index (χ2v) is 13.3. The van der Waals surface area contributed by atoms with Gasteiger partial charge in [-0.1, -0.05) is 0 Å². The molecule has 6 atom stereocenters. The van der Waals surface area contributed by atoms with Crippen LogP contribution in [0.2, 0.25) is 0 Å². The topological polar surface area (TPSA) is 240 Å². The molecule has 1 aliphatic rings. The van der Waals surface area contributed by atoms with Crippen molar-refractivity contribution in [3.63, 3.8) is 0 Å². The first-order valence-electron chi connectivity index (χ1n) is 8.38. The summed E-state index contributed by atoms with van der Waals surface area (Å²) in [4.78, 5) is 62.0. The van der Waals surface area contributed by atoms with E-state index in [1.54, 1.807) is 4.98 Å². The molecule has 33 heavy (non-hydrogen) atoms. The molecule has 6 N–H and O–H groups in total. The number of alkyl halides is 2. The van der Waals surface area contributed by atoms with Crippen LogP contribution in [0.5, 0.6) is 0 Å². The van der Waals surface area contributed by atoms with Gasteiger partial charge >= 0.3 is 21.3 Å². The molecular formula is C11H19F2N3O13P4. The van der Waals surface area contributed by atoms with E-state index < -0.39 is 70.5 Å². The van der Waals surface area contributed by atoms with Crippen LogP contribution in [-0.4, -0.2) is 69.6 Å². The third kappa shape index (κ3) is 6.71. The van der Waals surface area contributed by atoms with Gasteiger partial charge in [0.25, 0.3) is 12.8 Å². The second kappa shape index (κ2) is 9.40. The lowest BCUT2D eigenvalue weighted by atomic mass is 9.90. The zero-order valence-electron chi connectivity index (χ0n) is 16.5. The number of H-pyrrole nitrogens is 1. The van der Waals surface area contributed by atoms with Gasteiger partial charge in [-0.25, -0.2) is 27.0 Å². The molecule has 1 aromatic rings. The first-order chi connectivity index (χ1) is 14.7. The Morgan fingerprint density at radius 1 is 1.27 bits per heavy atom. The number of hydrogen-bond acceptors (Lipinski definition) is 10. The summed E-state index contributed by atoms with van der Waals surface area (Å²) < 4.78 is 70.5. The highest BCUT2D eigenvalue weighted by atomic mass is 31.8. The third-order valence-electron chi connectivity index (χ3n) is 4.09. The molecule has 0 saturated carbocycles. The number of aromatic nitrogens is 3. The monoisotopic (exact) mass is 563 g/mol. The van der Waals surface area contributed by atoms with Gasteiger partial charge in [-0.3, -0.25) is 14.3 Å². The first-order valence-corrected chi connectivity index (χ1v) is 14.3. The minimum atomic E-state index is -5.66. The van der Waals surface area contributed by atoms with Gasteiger partial charge in [0.2, 0.25) is 5.67 Å². The molecule has 1 fully saturated rings. The minimum absolute atomic E-state index is 0.173. The number of nitrogens with zero attached hydrogens (tertiary/aromatic N) is 2. The fraction of sp³-hybridized carbons (Fsp3) is 0.727. The van der Waals surface area contributed by atoms with Crippen molar-refractivity contribution in [1.82, 2.24) is 14.8 Å². The lowest BCUT2D eigenvalue weighted by molar-refractivity contribution is -0.123. The van der Waals surface area contributed by atoms with Gasteiger partial charge in [-0.05, 0) is 22.4 Å². The largest absolute Gasteiger partial charge is 0.488 e. The van der Waals surface area contributed by atoms with Crippen LogP contribution in [0.15, 0.2) is 15.8 Å². The quantitative estimate of drug-likeness (QED) is 0.212. The first kappa shape index (κ1) is 28.5. The van der Waals surface area contributed by atoms with E-state index in [1.807, 2.05) is 0 Å². The Morgan fingerprint density at radius 2 is 1.85 bits per heavy atom. The maximum Gasteiger partial charge on any atom is 0.488 e. The predicted octanol–water partition coefficient (Wildman–Crippen LogP) is -0.298. The molecule has 1 aromatic heterocycles. The van der Waals surface area contributed by atoms with Crippen LogP contribution in [0.25, 0.3) is 0 Å². The summed E-state index contributed by atoms with van der Waals surface area (Å²) >= 11 is 0. The van der Waals surface area contributed by atoms with Crippen molar-refractivity contribution >= 4 is 31.4 Å². The lowest BCUT2D eigenvalue weighted by Crippen LogP contribution is -2.51. The zero-order valence-corrected chi connectivity index (χ0v) is 20.2. The number of aliphatic hydroxyl groups excluding tert-OH is 1. The van der Waals surface area contributed by atoms with E-state index in [9.17, 15) is 38.0 Å². The summed E-state index contributed by atoms with van der Waals surface area (Å²) in [6.45, 7) is -0.144. The average molecular weight is 563 g/mol. The van der Waals surface area contributed by atoms with Gasteiger partial charge in [-0.15, -0.1) is 0 Å². The average Bonchev–Trinajstić information content (AvgIpc) is 2.83. The van der Waals surface area contributed by atoms with E-state index >= 15 is 4.39 Å². The number of phosphoric ester groups is 1. The fourth-order valence-corrected chi connectivity index (χ4v) is 7.20. The van der Waals surface area contributed by atoms with E-state index in [4.69, 9.17) is 14.5 Å². The number of halogens is 2. The molecule has 0 spiro atoms. The normalized spacial score (nSPS) is 30.0. The van der Waals surface area contributed by atoms with Crippen LogP contribution >= 0.6 is 31.4 Å². The number of aliphatic hydroxyl groups is 1. The maximum atomic E-state index is 15.3. The van der Waals surface area contributed by atoms with E-state index in [2.05, 4.69) is 26.8 Å². The fourth-order valence-electron chi connectivity index (χ4n) is 2.86. The Morgan fingerprint density at radius 3 is 2.33 bits per heavy atom. The van der Waals surface area contributed by atoms with Crippen molar-refractivity contribution in [3.05, 3.63) is 27.0 Å². The Labute approximate surface area is 184 Å². The van der Waals surface area contributed by atoms with Crippen molar-refractivity contribution in [1.29, 1.82) is 0 Å². The standard InChI is InChI=1S/C11H19F2N3O13P4/c1-10(2,27-31(20,21)28-32(22,23)29-33(24,25)30)7-6(18)11(13,4-12)8(26-7)16-9(19)15-5(17)3-14-16/h3,6-8,18,24-25,30H,4H2,1-2H3,(H,20,21)(H,22,23)(H,15,17,19)/t6-,7-,8+,11?/m0/s1. The minimum Gasteiger partial charge on any atom is -0.387 e. The summed E-state index contributed by atoms with van der Waals surface area (Å²) in [5.74, 6) is 0. The third-order valence-corrected chi connectivity index (χ3v) is 8.91. The highest BCUT2D eigenvalue weighted by molar-refractivity contribution is 7.91. The molecule has 3 unspecified atom stereocenters. The molecule has 1 aliphatic heterocycles. The summed E-state index contributed by atoms with van der Waals surface area (Å²) in [5.41, 5.74) is -7.99. The molecular weight excluding hydrogens is 544 g/mol. The number of nitrogens with one attached hydrogen (secondary N) is 1. The number of rotatable bonds is 9. The molecule has 16 nitrogen and oxygen atoms in total. The van der Waals surface area contributed by atoms with Crippen LogP contribution in [-0.2, 0) is 27.0 Å². The predicted molar refractivity (Wildman–Crippen MR) is 106 cm³/mol. The molecule has 0 aromatic carbocycles. The molecule has 2 rings (SSSR count). The van der Waals surface area contributed by atoms with Gasteiger partial charge in [0.05, 0.1) is 0 Å². The molecule has 1 saturated heterocycles. The molecule has 22 heteroatoms. The highest BCUT2D eigenvalue weighted by Crippen LogP contribution is 2.68. The number of hydrogen-bond donors (Lipinski definition) is 6. The van der Waals surface area contributed by atoms with Crippen molar-refractivity contribution in [3.8, 4) is 0 Å². The Hall–Kier alpha value is -0.700. The lowest BCUT2D eigenvalue weighted by Gasteiger charge is -2.34. The van der Waals surface area contributed by atoms with Crippen LogP contribution in [0, 0.1) is 0 Å². The van der Waals surface area contributed by atoms with Crippen molar-refractivity contribution in [2.75, 3.05) is 6.67 Å². The molecule has 0 amide bonds. The number of phosphoric acid groups is 2. The Kier molecular flexibility index (Phi) is 8.13. The number of ether oxygens (including phenoxy) is 1. The summed E-state index contributed by atoms with van der Waals surface area (Å²) in [6.07, 6.45) is -6.27. The van der Waals surface area contributed by atoms with Gasteiger partial charge in [0.15, 0.2) is 6.23 Å². The van der Waals surface area contributed by atoms with E-state index in [-0.39, 0.29) is 4.68 Å². The summed E-state index contributed by atoms with van der Waals surface area (Å²) in [6, 6.07) is 0. The van der Waals surface area contributed by atoms with Crippen molar-refractivity contribution in [2.24, 2.45) is 0 Å². The molecule has 0 aliphatic carbocycles. The van der Waals surface area contributed by atoms with Crippen molar-refractivity contribution < 1.29 is 60.5 Å². The maximum absolute atomic E-state index is 15.3. The van der Waals surface area contributed by atoms with Crippen molar-refractivity contribution in [2.45, 2.75) is 43.6 Å². The van der Waals surface area contributed by atoms with Crippen LogP contribution in [0.1, 0.15) is 20.1 Å². The second-order valence-electron chi connectivity index (χ2n) is 7.14. The Bertz CT molecular complexity index is 1150.